The molecule has 6 nitrogen and oxygen atoms in total. The molecule has 0 fully saturated rings. The highest BCUT2D eigenvalue weighted by Gasteiger charge is 2.24. The maximum atomic E-state index is 12.2. The summed E-state index contributed by atoms with van der Waals surface area (Å²) in [4.78, 5) is 16.7. The molecule has 3 aromatic rings. The molecule has 0 spiro atoms. The van der Waals surface area contributed by atoms with E-state index in [2.05, 4.69) is 16.2 Å². The third-order valence-electron chi connectivity index (χ3n) is 3.83. The first-order valence-corrected chi connectivity index (χ1v) is 7.52. The van der Waals surface area contributed by atoms with Crippen LogP contribution in [0.15, 0.2) is 35.3 Å². The van der Waals surface area contributed by atoms with Gasteiger partial charge in [0.2, 0.25) is 0 Å². The number of nitriles is 1. The topological polar surface area (TPSA) is 76.5 Å². The van der Waals surface area contributed by atoms with Gasteiger partial charge in [-0.3, -0.25) is 4.79 Å². The quantitative estimate of drug-likeness (QED) is 0.740. The molecular weight excluding hydrogens is 314 g/mol. The van der Waals surface area contributed by atoms with E-state index in [1.807, 2.05) is 35.9 Å². The van der Waals surface area contributed by atoms with Gasteiger partial charge in [-0.05, 0) is 19.1 Å². The van der Waals surface area contributed by atoms with Gasteiger partial charge >= 0.3 is 0 Å². The molecule has 0 N–H and O–H groups in total. The van der Waals surface area contributed by atoms with E-state index >= 15 is 0 Å². The van der Waals surface area contributed by atoms with Gasteiger partial charge < -0.3 is 4.57 Å². The molecule has 0 saturated carbocycles. The molecular formula is C16H14ClN5O. The summed E-state index contributed by atoms with van der Waals surface area (Å²) in [6.45, 7) is 2.22. The number of imidazole rings is 1. The summed E-state index contributed by atoms with van der Waals surface area (Å²) in [6, 6.07) is 9.78. The highest BCUT2D eigenvalue weighted by molar-refractivity contribution is 6.31. The van der Waals surface area contributed by atoms with Gasteiger partial charge in [-0.1, -0.05) is 23.7 Å². The minimum absolute atomic E-state index is 0.0143. The maximum Gasteiger partial charge on any atom is 0.285 e. The fraction of sp³-hybridized carbons (Fsp3) is 0.250. The fourth-order valence-electron chi connectivity index (χ4n) is 2.59. The minimum Gasteiger partial charge on any atom is -0.330 e. The number of hydrogen-bond acceptors (Lipinski definition) is 4. The van der Waals surface area contributed by atoms with Crippen molar-refractivity contribution in [2.75, 3.05) is 0 Å². The van der Waals surface area contributed by atoms with Crippen LogP contribution in [0.5, 0.6) is 0 Å². The molecule has 0 amide bonds. The Kier molecular flexibility index (Phi) is 3.89. The lowest BCUT2D eigenvalue weighted by Crippen LogP contribution is -2.24. The first-order chi connectivity index (χ1) is 11.1. The van der Waals surface area contributed by atoms with Crippen LogP contribution in [-0.2, 0) is 13.6 Å². The van der Waals surface area contributed by atoms with E-state index in [9.17, 15) is 10.1 Å². The molecule has 2 heterocycles. The first kappa shape index (κ1) is 15.3. The second kappa shape index (κ2) is 5.86. The summed E-state index contributed by atoms with van der Waals surface area (Å²) in [5.41, 5.74) is 1.68. The highest BCUT2D eigenvalue weighted by atomic mass is 35.5. The van der Waals surface area contributed by atoms with Gasteiger partial charge in [0.25, 0.3) is 5.56 Å². The van der Waals surface area contributed by atoms with Gasteiger partial charge in [0.15, 0.2) is 0 Å². The Morgan fingerprint density at radius 3 is 2.78 bits per heavy atom. The number of halogens is 1. The van der Waals surface area contributed by atoms with Crippen LogP contribution in [0.1, 0.15) is 24.2 Å². The van der Waals surface area contributed by atoms with Crippen LogP contribution in [0.4, 0.5) is 0 Å². The van der Waals surface area contributed by atoms with E-state index in [0.29, 0.717) is 17.9 Å². The lowest BCUT2D eigenvalue weighted by Gasteiger charge is -2.12. The van der Waals surface area contributed by atoms with Crippen molar-refractivity contribution in [3.63, 3.8) is 0 Å². The number of fused-ring (bicyclic) bond motifs is 1. The lowest BCUT2D eigenvalue weighted by molar-refractivity contribution is 0.609. The van der Waals surface area contributed by atoms with Crippen LogP contribution in [0.3, 0.4) is 0 Å². The summed E-state index contributed by atoms with van der Waals surface area (Å²) in [5.74, 6) is -0.224. The van der Waals surface area contributed by atoms with Gasteiger partial charge in [-0.2, -0.15) is 10.4 Å². The number of hydrogen-bond donors (Lipinski definition) is 0. The minimum atomic E-state index is -0.758. The van der Waals surface area contributed by atoms with E-state index in [-0.39, 0.29) is 5.02 Å². The van der Waals surface area contributed by atoms with Crippen LogP contribution in [0, 0.1) is 11.3 Å². The van der Waals surface area contributed by atoms with Gasteiger partial charge in [0.05, 0.1) is 23.3 Å². The predicted octanol–water partition coefficient (Wildman–Crippen LogP) is 2.46. The molecule has 0 aliphatic heterocycles. The van der Waals surface area contributed by atoms with E-state index < -0.39 is 11.5 Å². The monoisotopic (exact) mass is 327 g/mol. The SMILES string of the molecule is CCn1ncc([C@@H](C#N)c2nc3ccccc3n2C)c(Cl)c1=O. The summed E-state index contributed by atoms with van der Waals surface area (Å²) < 4.78 is 3.10. The van der Waals surface area contributed by atoms with Crippen molar-refractivity contribution in [1.82, 2.24) is 19.3 Å². The number of aryl methyl sites for hydroxylation is 2. The second-order valence-corrected chi connectivity index (χ2v) is 5.49. The van der Waals surface area contributed by atoms with Gasteiger partial charge in [0, 0.05) is 19.2 Å². The summed E-state index contributed by atoms with van der Waals surface area (Å²) in [7, 11) is 1.84. The highest BCUT2D eigenvalue weighted by Crippen LogP contribution is 2.28. The Morgan fingerprint density at radius 2 is 2.13 bits per heavy atom. The van der Waals surface area contributed by atoms with Crippen molar-refractivity contribution >= 4 is 22.6 Å². The molecule has 1 atom stereocenters. The predicted molar refractivity (Wildman–Crippen MR) is 87.4 cm³/mol. The van der Waals surface area contributed by atoms with Crippen LogP contribution < -0.4 is 5.56 Å². The summed E-state index contributed by atoms with van der Waals surface area (Å²) >= 11 is 6.19. The van der Waals surface area contributed by atoms with E-state index in [1.54, 1.807) is 6.92 Å². The van der Waals surface area contributed by atoms with Crippen molar-refractivity contribution in [1.29, 1.82) is 5.26 Å². The Balaban J connectivity index is 2.21. The second-order valence-electron chi connectivity index (χ2n) is 5.11. The summed E-state index contributed by atoms with van der Waals surface area (Å²) in [6.07, 6.45) is 1.47. The average molecular weight is 328 g/mol. The lowest BCUT2D eigenvalue weighted by atomic mass is 10.0. The average Bonchev–Trinajstić information content (AvgIpc) is 2.90. The largest absolute Gasteiger partial charge is 0.330 e. The number of aromatic nitrogens is 4. The van der Waals surface area contributed by atoms with Crippen LogP contribution in [0.2, 0.25) is 5.02 Å². The summed E-state index contributed by atoms with van der Waals surface area (Å²) in [5, 5.41) is 13.7. The number of benzene rings is 1. The molecule has 1 aromatic carbocycles. The normalized spacial score (nSPS) is 12.3. The third kappa shape index (κ3) is 2.39. The Bertz CT molecular complexity index is 982. The third-order valence-corrected chi connectivity index (χ3v) is 4.21. The fourth-order valence-corrected chi connectivity index (χ4v) is 2.85. The van der Waals surface area contributed by atoms with Crippen molar-refractivity contribution in [3.05, 3.63) is 57.2 Å². The molecule has 23 heavy (non-hydrogen) atoms. The van der Waals surface area contributed by atoms with Gasteiger partial charge in [0.1, 0.15) is 16.8 Å². The van der Waals surface area contributed by atoms with Crippen molar-refractivity contribution in [3.8, 4) is 6.07 Å². The van der Waals surface area contributed by atoms with Crippen LogP contribution in [0.25, 0.3) is 11.0 Å². The van der Waals surface area contributed by atoms with Crippen LogP contribution in [-0.4, -0.2) is 19.3 Å². The van der Waals surface area contributed by atoms with Crippen molar-refractivity contribution in [2.45, 2.75) is 19.4 Å². The van der Waals surface area contributed by atoms with Gasteiger partial charge in [-0.25, -0.2) is 9.67 Å². The molecule has 7 heteroatoms. The van der Waals surface area contributed by atoms with E-state index in [4.69, 9.17) is 11.6 Å². The zero-order valence-corrected chi connectivity index (χ0v) is 13.4. The van der Waals surface area contributed by atoms with Crippen molar-refractivity contribution < 1.29 is 0 Å². The maximum absolute atomic E-state index is 12.2. The Morgan fingerprint density at radius 1 is 1.39 bits per heavy atom. The molecule has 116 valence electrons. The molecule has 0 radical (unpaired) electrons. The molecule has 2 aromatic heterocycles. The molecule has 0 unspecified atom stereocenters. The zero-order chi connectivity index (χ0) is 16.6. The van der Waals surface area contributed by atoms with Crippen LogP contribution >= 0.6 is 11.6 Å². The molecule has 0 aliphatic carbocycles. The van der Waals surface area contributed by atoms with E-state index in [1.165, 1.54) is 10.9 Å². The molecule has 0 bridgehead atoms. The van der Waals surface area contributed by atoms with Crippen molar-refractivity contribution in [2.24, 2.45) is 7.05 Å². The number of nitrogens with zero attached hydrogens (tertiary/aromatic N) is 5. The molecule has 3 rings (SSSR count). The first-order valence-electron chi connectivity index (χ1n) is 7.15. The molecule has 0 aliphatic rings. The van der Waals surface area contributed by atoms with Gasteiger partial charge in [-0.15, -0.1) is 0 Å². The molecule has 0 saturated heterocycles. The number of para-hydroxylation sites is 2. The Hall–Kier alpha value is -2.65. The standard InChI is InChI=1S/C16H14ClN5O/c1-3-22-16(23)14(17)11(9-19-22)10(8-18)15-20-12-6-4-5-7-13(12)21(15)2/h4-7,9-10H,3H2,1-2H3/t10-/m1/s1. The zero-order valence-electron chi connectivity index (χ0n) is 12.7. The smallest absolute Gasteiger partial charge is 0.285 e. The van der Waals surface area contributed by atoms with E-state index in [0.717, 1.165) is 11.0 Å². The number of rotatable bonds is 3. The Labute approximate surface area is 137 Å².